The SMILES string of the molecule is CCOc1ccc(C(=O)N2CCN(c3ccc(-c4noc(C5CC5)n4)cn3)CC2)cc1OCC. The van der Waals surface area contributed by atoms with Gasteiger partial charge < -0.3 is 23.8 Å². The third-order valence-corrected chi connectivity index (χ3v) is 6.06. The van der Waals surface area contributed by atoms with Gasteiger partial charge in [0.25, 0.3) is 5.91 Å². The van der Waals surface area contributed by atoms with Gasteiger partial charge in [0.2, 0.25) is 11.7 Å². The lowest BCUT2D eigenvalue weighted by atomic mass is 10.1. The first-order chi connectivity index (χ1) is 16.7. The number of aromatic nitrogens is 3. The second kappa shape index (κ2) is 9.70. The first-order valence-electron chi connectivity index (χ1n) is 11.9. The largest absolute Gasteiger partial charge is 0.490 e. The molecule has 0 atom stereocenters. The van der Waals surface area contributed by atoms with Crippen LogP contribution in [0.2, 0.25) is 0 Å². The molecule has 0 bridgehead atoms. The van der Waals surface area contributed by atoms with Gasteiger partial charge in [-0.05, 0) is 57.0 Å². The van der Waals surface area contributed by atoms with Crippen molar-refractivity contribution in [2.45, 2.75) is 32.6 Å². The van der Waals surface area contributed by atoms with Crippen molar-refractivity contribution in [3.05, 3.63) is 48.0 Å². The molecule has 3 aromatic rings. The third kappa shape index (κ3) is 4.69. The summed E-state index contributed by atoms with van der Waals surface area (Å²) in [6, 6.07) is 9.32. The summed E-state index contributed by atoms with van der Waals surface area (Å²) in [7, 11) is 0. The zero-order chi connectivity index (χ0) is 23.5. The van der Waals surface area contributed by atoms with Crippen molar-refractivity contribution in [1.82, 2.24) is 20.0 Å². The van der Waals surface area contributed by atoms with Crippen LogP contribution in [-0.2, 0) is 0 Å². The van der Waals surface area contributed by atoms with Crippen LogP contribution < -0.4 is 14.4 Å². The Kier molecular flexibility index (Phi) is 6.33. The number of amides is 1. The zero-order valence-corrected chi connectivity index (χ0v) is 19.6. The number of ether oxygens (including phenoxy) is 2. The summed E-state index contributed by atoms with van der Waals surface area (Å²) in [6.45, 7) is 7.55. The number of pyridine rings is 1. The van der Waals surface area contributed by atoms with Crippen molar-refractivity contribution in [2.75, 3.05) is 44.3 Å². The number of carbonyl (C=O) groups excluding carboxylic acids is 1. The highest BCUT2D eigenvalue weighted by atomic mass is 16.5. The van der Waals surface area contributed by atoms with Crippen LogP contribution in [0.25, 0.3) is 11.4 Å². The van der Waals surface area contributed by atoms with E-state index in [9.17, 15) is 4.79 Å². The maximum atomic E-state index is 13.1. The van der Waals surface area contributed by atoms with Crippen molar-refractivity contribution >= 4 is 11.7 Å². The van der Waals surface area contributed by atoms with Crippen LogP contribution in [0, 0.1) is 0 Å². The van der Waals surface area contributed by atoms with E-state index in [1.807, 2.05) is 30.9 Å². The Balaban J connectivity index is 1.20. The Hall–Kier alpha value is -3.62. The van der Waals surface area contributed by atoms with E-state index in [1.54, 1.807) is 24.4 Å². The van der Waals surface area contributed by atoms with Crippen LogP contribution >= 0.6 is 0 Å². The molecule has 178 valence electrons. The van der Waals surface area contributed by atoms with E-state index in [4.69, 9.17) is 14.0 Å². The van der Waals surface area contributed by atoms with Gasteiger partial charge >= 0.3 is 0 Å². The molecule has 1 saturated carbocycles. The summed E-state index contributed by atoms with van der Waals surface area (Å²) >= 11 is 0. The molecule has 1 aliphatic carbocycles. The average Bonchev–Trinajstić information content (AvgIpc) is 3.61. The highest BCUT2D eigenvalue weighted by molar-refractivity contribution is 5.95. The molecule has 9 heteroatoms. The Bertz CT molecular complexity index is 1130. The van der Waals surface area contributed by atoms with E-state index in [2.05, 4.69) is 20.0 Å². The minimum Gasteiger partial charge on any atom is -0.490 e. The minimum atomic E-state index is -0.00414. The Morgan fingerprint density at radius 1 is 1.03 bits per heavy atom. The van der Waals surface area contributed by atoms with Gasteiger partial charge in [0.1, 0.15) is 5.82 Å². The van der Waals surface area contributed by atoms with Gasteiger partial charge in [0.15, 0.2) is 11.5 Å². The molecule has 3 heterocycles. The third-order valence-electron chi connectivity index (χ3n) is 6.06. The highest BCUT2D eigenvalue weighted by Crippen LogP contribution is 2.39. The fraction of sp³-hybridized carbons (Fsp3) is 0.440. The van der Waals surface area contributed by atoms with E-state index >= 15 is 0 Å². The molecule has 1 saturated heterocycles. The lowest BCUT2D eigenvalue weighted by Crippen LogP contribution is -2.49. The summed E-state index contributed by atoms with van der Waals surface area (Å²) in [6.07, 6.45) is 4.03. The predicted molar refractivity (Wildman–Crippen MR) is 126 cm³/mol. The molecule has 5 rings (SSSR count). The fourth-order valence-corrected chi connectivity index (χ4v) is 4.06. The van der Waals surface area contributed by atoms with Crippen LogP contribution in [-0.4, -0.2) is 65.3 Å². The maximum Gasteiger partial charge on any atom is 0.254 e. The number of hydrogen-bond acceptors (Lipinski definition) is 8. The van der Waals surface area contributed by atoms with Crippen LogP contribution in [0.1, 0.15) is 48.9 Å². The van der Waals surface area contributed by atoms with Crippen molar-refractivity contribution in [1.29, 1.82) is 0 Å². The fourth-order valence-electron chi connectivity index (χ4n) is 4.06. The minimum absolute atomic E-state index is 0.00414. The van der Waals surface area contributed by atoms with Crippen molar-refractivity contribution in [3.63, 3.8) is 0 Å². The molecule has 1 aliphatic heterocycles. The molecule has 0 spiro atoms. The number of anilines is 1. The highest BCUT2D eigenvalue weighted by Gasteiger charge is 2.30. The summed E-state index contributed by atoms with van der Waals surface area (Å²) < 4.78 is 16.6. The summed E-state index contributed by atoms with van der Waals surface area (Å²) in [5.41, 5.74) is 1.45. The lowest BCUT2D eigenvalue weighted by Gasteiger charge is -2.35. The summed E-state index contributed by atoms with van der Waals surface area (Å²) in [5, 5.41) is 4.08. The molecule has 34 heavy (non-hydrogen) atoms. The number of piperazine rings is 1. The first kappa shape index (κ1) is 22.2. The maximum absolute atomic E-state index is 13.1. The van der Waals surface area contributed by atoms with Crippen LogP contribution in [0.3, 0.4) is 0 Å². The van der Waals surface area contributed by atoms with Gasteiger partial charge in [-0.25, -0.2) is 4.98 Å². The van der Waals surface area contributed by atoms with Gasteiger partial charge in [0.05, 0.1) is 13.2 Å². The van der Waals surface area contributed by atoms with Gasteiger partial charge in [-0.2, -0.15) is 4.98 Å². The van der Waals surface area contributed by atoms with Gasteiger partial charge in [-0.15, -0.1) is 0 Å². The molecule has 1 aromatic carbocycles. The van der Waals surface area contributed by atoms with Gasteiger partial charge in [-0.3, -0.25) is 4.79 Å². The van der Waals surface area contributed by atoms with Crippen molar-refractivity contribution in [2.24, 2.45) is 0 Å². The molecular weight excluding hydrogens is 434 g/mol. The molecule has 0 radical (unpaired) electrons. The topological polar surface area (TPSA) is 93.8 Å². The van der Waals surface area contributed by atoms with Crippen LogP contribution in [0.5, 0.6) is 11.5 Å². The van der Waals surface area contributed by atoms with Crippen molar-refractivity contribution in [3.8, 4) is 22.9 Å². The molecule has 2 fully saturated rings. The molecule has 2 aromatic heterocycles. The smallest absolute Gasteiger partial charge is 0.254 e. The van der Waals surface area contributed by atoms with Gasteiger partial charge in [0, 0.05) is 49.4 Å². The number of rotatable bonds is 8. The Morgan fingerprint density at radius 2 is 1.79 bits per heavy atom. The van der Waals surface area contributed by atoms with Crippen LogP contribution in [0.4, 0.5) is 5.82 Å². The second-order valence-electron chi connectivity index (χ2n) is 8.44. The Labute approximate surface area is 198 Å². The average molecular weight is 464 g/mol. The summed E-state index contributed by atoms with van der Waals surface area (Å²) in [4.78, 5) is 26.2. The molecule has 0 unspecified atom stereocenters. The van der Waals surface area contributed by atoms with Crippen molar-refractivity contribution < 1.29 is 18.8 Å². The normalized spacial score (nSPS) is 15.9. The van der Waals surface area contributed by atoms with E-state index < -0.39 is 0 Å². The van der Waals surface area contributed by atoms with E-state index in [0.29, 0.717) is 68.2 Å². The predicted octanol–water partition coefficient (Wildman–Crippen LogP) is 3.77. The molecular formula is C25H29N5O4. The number of nitrogens with zero attached hydrogens (tertiary/aromatic N) is 5. The first-order valence-corrected chi connectivity index (χ1v) is 11.9. The summed E-state index contributed by atoms with van der Waals surface area (Å²) in [5.74, 6) is 3.87. The Morgan fingerprint density at radius 3 is 2.47 bits per heavy atom. The molecule has 9 nitrogen and oxygen atoms in total. The van der Waals surface area contributed by atoms with Gasteiger partial charge in [-0.1, -0.05) is 5.16 Å². The monoisotopic (exact) mass is 463 g/mol. The second-order valence-corrected chi connectivity index (χ2v) is 8.44. The van der Waals surface area contributed by atoms with Crippen LogP contribution in [0.15, 0.2) is 41.1 Å². The zero-order valence-electron chi connectivity index (χ0n) is 19.6. The molecule has 0 N–H and O–H groups in total. The standard InChI is InChI=1S/C25H29N5O4/c1-3-32-20-9-7-18(15-21(20)33-4-2)25(31)30-13-11-29(12-14-30)22-10-8-19(16-26-22)23-27-24(34-28-23)17-5-6-17/h7-10,15-17H,3-6,11-14H2,1-2H3. The quantitative estimate of drug-likeness (QED) is 0.498. The molecule has 1 amide bonds. The number of benzene rings is 1. The number of carbonyl (C=O) groups is 1. The number of hydrogen-bond donors (Lipinski definition) is 0. The molecule has 2 aliphatic rings. The lowest BCUT2D eigenvalue weighted by molar-refractivity contribution is 0.0746. The van der Waals surface area contributed by atoms with E-state index in [1.165, 1.54) is 0 Å². The van der Waals surface area contributed by atoms with E-state index in [0.717, 1.165) is 30.1 Å². The van der Waals surface area contributed by atoms with E-state index in [-0.39, 0.29) is 5.91 Å².